The minimum atomic E-state index is 0.524. The van der Waals surface area contributed by atoms with Crippen LogP contribution < -0.4 is 0 Å². The second-order valence-electron chi connectivity index (χ2n) is 23.3. The molecule has 0 amide bonds. The molecule has 4 aliphatic carbocycles. The molecule has 0 saturated heterocycles. The molecule has 0 spiro atoms. The first kappa shape index (κ1) is 44.7. The summed E-state index contributed by atoms with van der Waals surface area (Å²) in [5, 5.41) is 9.74. The first-order chi connectivity index (χ1) is 36.7. The van der Waals surface area contributed by atoms with E-state index in [1.165, 1.54) is 194 Å². The van der Waals surface area contributed by atoms with E-state index in [4.69, 9.17) is 18.8 Å². The molecule has 74 heavy (non-hydrogen) atoms. The summed E-state index contributed by atoms with van der Waals surface area (Å²) in [5.41, 5.74) is 18.4. The molecule has 0 aliphatic heterocycles. The molecule has 0 N–H and O–H groups in total. The van der Waals surface area contributed by atoms with Crippen molar-refractivity contribution in [3.8, 4) is 33.5 Å². The van der Waals surface area contributed by atoms with Gasteiger partial charge in [0.25, 0.3) is 0 Å². The molecule has 4 saturated carbocycles. The average Bonchev–Trinajstić information content (AvgIpc) is 4.06. The standard InChI is InChI=1S/C70H66N2O2/c1-5-18-43(19-6-1)47-32-33-65-58(35-47)59-37-51(45-22-9-3-10-23-45)39-61(69(59)73-65)63-41-52(46-24-11-4-12-25-46)40-62-60-38-50(44-20-7-2-8-21-44)36-57(68(60)74-70(62)63)48-26-17-27-49(34-48)64-42-71-66-55-30-15-13-28-53(55)54-29-14-16-31-56(54)67(66)72-64/h13-17,26-46H,1-12,18-25H2. The third-order valence-electron chi connectivity index (χ3n) is 18.8. The van der Waals surface area contributed by atoms with Gasteiger partial charge in [0.1, 0.15) is 22.3 Å². The molecule has 4 heteroatoms. The van der Waals surface area contributed by atoms with E-state index in [-0.39, 0.29) is 0 Å². The summed E-state index contributed by atoms with van der Waals surface area (Å²) in [6, 6.07) is 48.7. The lowest BCUT2D eigenvalue weighted by atomic mass is 9.80. The average molecular weight is 967 g/mol. The Kier molecular flexibility index (Phi) is 11.2. The number of benzene rings is 8. The molecule has 4 nitrogen and oxygen atoms in total. The van der Waals surface area contributed by atoms with Crippen LogP contribution in [0.25, 0.3) is 110 Å². The van der Waals surface area contributed by atoms with Crippen molar-refractivity contribution in [2.45, 2.75) is 152 Å². The van der Waals surface area contributed by atoms with Crippen molar-refractivity contribution in [2.75, 3.05) is 0 Å². The van der Waals surface area contributed by atoms with E-state index in [0.717, 1.165) is 66.5 Å². The Morgan fingerprint density at radius 1 is 0.324 bits per heavy atom. The molecule has 4 fully saturated rings. The molecule has 0 bridgehead atoms. The fourth-order valence-electron chi connectivity index (χ4n) is 14.9. The van der Waals surface area contributed by atoms with Gasteiger partial charge in [-0.2, -0.15) is 0 Å². The first-order valence-electron chi connectivity index (χ1n) is 28.9. The highest BCUT2D eigenvalue weighted by molar-refractivity contribution is 6.23. The van der Waals surface area contributed by atoms with Gasteiger partial charge in [0, 0.05) is 54.6 Å². The van der Waals surface area contributed by atoms with Crippen LogP contribution >= 0.6 is 0 Å². The third-order valence-corrected chi connectivity index (χ3v) is 18.8. The lowest BCUT2D eigenvalue weighted by Crippen LogP contribution is -2.06. The van der Waals surface area contributed by atoms with Crippen molar-refractivity contribution in [3.63, 3.8) is 0 Å². The molecule has 0 radical (unpaired) electrons. The van der Waals surface area contributed by atoms with E-state index in [0.29, 0.717) is 23.7 Å². The van der Waals surface area contributed by atoms with Crippen molar-refractivity contribution < 1.29 is 8.83 Å². The van der Waals surface area contributed by atoms with Crippen molar-refractivity contribution in [2.24, 2.45) is 0 Å². The molecule has 8 aromatic carbocycles. The summed E-state index contributed by atoms with van der Waals surface area (Å²) in [6.07, 6.45) is 27.8. The summed E-state index contributed by atoms with van der Waals surface area (Å²) in [7, 11) is 0. The van der Waals surface area contributed by atoms with Crippen molar-refractivity contribution in [3.05, 3.63) is 156 Å². The van der Waals surface area contributed by atoms with Gasteiger partial charge in [-0.3, -0.25) is 4.98 Å². The monoisotopic (exact) mass is 967 g/mol. The van der Waals surface area contributed by atoms with Crippen LogP contribution in [0.4, 0.5) is 0 Å². The number of hydrogen-bond acceptors (Lipinski definition) is 4. The molecular weight excluding hydrogens is 901 g/mol. The van der Waals surface area contributed by atoms with Crippen LogP contribution in [0.5, 0.6) is 0 Å². The Bertz CT molecular complexity index is 3920. The predicted octanol–water partition coefficient (Wildman–Crippen LogP) is 20.9. The Morgan fingerprint density at radius 2 is 0.770 bits per heavy atom. The molecule has 3 heterocycles. The normalized spacial score (nSPS) is 18.1. The lowest BCUT2D eigenvalue weighted by Gasteiger charge is -2.24. The van der Waals surface area contributed by atoms with Crippen LogP contribution in [0.3, 0.4) is 0 Å². The summed E-state index contributed by atoms with van der Waals surface area (Å²) in [6.45, 7) is 0. The first-order valence-corrected chi connectivity index (χ1v) is 28.9. The number of aromatic nitrogens is 2. The smallest absolute Gasteiger partial charge is 0.143 e. The molecule has 3 aromatic heterocycles. The topological polar surface area (TPSA) is 52.1 Å². The molecule has 0 atom stereocenters. The number of hydrogen-bond donors (Lipinski definition) is 0. The van der Waals surface area contributed by atoms with Gasteiger partial charge in [0.15, 0.2) is 0 Å². The van der Waals surface area contributed by atoms with E-state index < -0.39 is 0 Å². The van der Waals surface area contributed by atoms with Crippen molar-refractivity contribution in [1.82, 2.24) is 9.97 Å². The van der Waals surface area contributed by atoms with Crippen LogP contribution in [0.15, 0.2) is 142 Å². The molecule has 15 rings (SSSR count). The van der Waals surface area contributed by atoms with E-state index in [9.17, 15) is 0 Å². The zero-order chi connectivity index (χ0) is 48.7. The minimum Gasteiger partial charge on any atom is -0.455 e. The summed E-state index contributed by atoms with van der Waals surface area (Å²) < 4.78 is 14.8. The zero-order valence-electron chi connectivity index (χ0n) is 42.9. The minimum absolute atomic E-state index is 0.524. The molecule has 4 aliphatic rings. The number of nitrogens with zero attached hydrogens (tertiary/aromatic N) is 2. The van der Waals surface area contributed by atoms with Gasteiger partial charge in [0.05, 0.1) is 22.9 Å². The van der Waals surface area contributed by atoms with Crippen LogP contribution in [0.1, 0.15) is 174 Å². The summed E-state index contributed by atoms with van der Waals surface area (Å²) in [5.74, 6) is 2.24. The van der Waals surface area contributed by atoms with E-state index in [1.54, 1.807) is 0 Å². The van der Waals surface area contributed by atoms with Gasteiger partial charge in [-0.15, -0.1) is 0 Å². The molecular formula is C70H66N2O2. The van der Waals surface area contributed by atoms with Crippen LogP contribution in [0, 0.1) is 0 Å². The molecule has 368 valence electrons. The van der Waals surface area contributed by atoms with Gasteiger partial charge in [-0.1, -0.05) is 150 Å². The second kappa shape index (κ2) is 18.6. The van der Waals surface area contributed by atoms with E-state index in [2.05, 4.69) is 127 Å². The highest BCUT2D eigenvalue weighted by Gasteiger charge is 2.28. The van der Waals surface area contributed by atoms with Crippen molar-refractivity contribution >= 4 is 76.5 Å². The number of fused-ring (bicyclic) bond motifs is 12. The van der Waals surface area contributed by atoms with E-state index >= 15 is 0 Å². The summed E-state index contributed by atoms with van der Waals surface area (Å²) >= 11 is 0. The Morgan fingerprint density at radius 3 is 1.34 bits per heavy atom. The van der Waals surface area contributed by atoms with Gasteiger partial charge in [-0.05, 0) is 168 Å². The lowest BCUT2D eigenvalue weighted by molar-refractivity contribution is 0.443. The predicted molar refractivity (Wildman–Crippen MR) is 309 cm³/mol. The Hall–Kier alpha value is -6.78. The van der Waals surface area contributed by atoms with Crippen molar-refractivity contribution in [1.29, 1.82) is 0 Å². The maximum Gasteiger partial charge on any atom is 0.143 e. The maximum absolute atomic E-state index is 7.64. The molecule has 0 unspecified atom stereocenters. The van der Waals surface area contributed by atoms with Crippen LogP contribution in [0.2, 0.25) is 0 Å². The fraction of sp³-hybridized carbons (Fsp3) is 0.343. The Labute approximate surface area is 434 Å². The quantitative estimate of drug-likeness (QED) is 0.149. The largest absolute Gasteiger partial charge is 0.455 e. The van der Waals surface area contributed by atoms with Gasteiger partial charge >= 0.3 is 0 Å². The van der Waals surface area contributed by atoms with Crippen LogP contribution in [-0.2, 0) is 0 Å². The molecule has 11 aromatic rings. The number of furan rings is 2. The Balaban J connectivity index is 0.957. The fourth-order valence-corrected chi connectivity index (χ4v) is 14.9. The van der Waals surface area contributed by atoms with Crippen LogP contribution in [-0.4, -0.2) is 9.97 Å². The maximum atomic E-state index is 7.64. The number of rotatable bonds is 7. The highest BCUT2D eigenvalue weighted by Crippen LogP contribution is 2.50. The van der Waals surface area contributed by atoms with E-state index in [1.807, 2.05) is 6.20 Å². The van der Waals surface area contributed by atoms with Gasteiger partial charge in [-0.25, -0.2) is 4.98 Å². The van der Waals surface area contributed by atoms with Gasteiger partial charge < -0.3 is 8.83 Å². The summed E-state index contributed by atoms with van der Waals surface area (Å²) in [4.78, 5) is 10.6. The zero-order valence-corrected chi connectivity index (χ0v) is 42.9. The highest BCUT2D eigenvalue weighted by atomic mass is 16.3. The second-order valence-corrected chi connectivity index (χ2v) is 23.3. The SMILES string of the molecule is c1cc(-c2cnc3c4ccccc4c4ccccc4c3n2)cc(-c2cc(C3CCCCC3)cc3c2oc2c(-c4cc(C5CCCCC5)cc5c4oc4ccc(C6CCCCC6)cc45)cc(C4CCCCC4)cc23)c1. The van der Waals surface area contributed by atoms with Gasteiger partial charge in [0.2, 0.25) is 0 Å². The third kappa shape index (κ3) is 7.67.